The van der Waals surface area contributed by atoms with Crippen molar-refractivity contribution in [3.63, 3.8) is 0 Å². The minimum atomic E-state index is -1.32. The Morgan fingerprint density at radius 1 is 1.17 bits per heavy atom. The number of hydrogen-bond donors (Lipinski definition) is 0. The van der Waals surface area contributed by atoms with E-state index in [1.165, 1.54) is 23.0 Å². The average molecular weight is 434 g/mol. The summed E-state index contributed by atoms with van der Waals surface area (Å²) in [5, 5.41) is 4.08. The van der Waals surface area contributed by atoms with Gasteiger partial charge in [-0.05, 0) is 31.2 Å². The highest BCUT2D eigenvalue weighted by atomic mass is 35.5. The van der Waals surface area contributed by atoms with Crippen LogP contribution in [0.1, 0.15) is 23.0 Å². The third kappa shape index (κ3) is 3.41. The largest absolute Gasteiger partial charge is 0.460 e. The fourth-order valence-electron chi connectivity index (χ4n) is 2.78. The van der Waals surface area contributed by atoms with E-state index in [1.54, 1.807) is 31.3 Å². The lowest BCUT2D eigenvalue weighted by Crippen LogP contribution is -2.30. The predicted molar refractivity (Wildman–Crippen MR) is 103 cm³/mol. The molecule has 1 aromatic carbocycles. The van der Waals surface area contributed by atoms with Gasteiger partial charge in [0.2, 0.25) is 5.78 Å². The van der Waals surface area contributed by atoms with E-state index in [9.17, 15) is 9.59 Å². The lowest BCUT2D eigenvalue weighted by molar-refractivity contribution is -0.161. The Morgan fingerprint density at radius 2 is 2.00 bits per heavy atom. The van der Waals surface area contributed by atoms with Gasteiger partial charge in [0.05, 0.1) is 17.8 Å². The molecule has 148 valence electrons. The second-order valence-electron chi connectivity index (χ2n) is 5.84. The van der Waals surface area contributed by atoms with Crippen LogP contribution in [-0.4, -0.2) is 39.4 Å². The fourth-order valence-corrected chi connectivity index (χ4v) is 3.24. The molecule has 3 aromatic rings. The quantitative estimate of drug-likeness (QED) is 0.449. The summed E-state index contributed by atoms with van der Waals surface area (Å²) in [6.07, 6.45) is 1.75. The number of halogens is 2. The van der Waals surface area contributed by atoms with Gasteiger partial charge < -0.3 is 14.2 Å². The molecule has 8 nitrogen and oxygen atoms in total. The van der Waals surface area contributed by atoms with Crippen molar-refractivity contribution in [1.82, 2.24) is 14.8 Å². The SMILES string of the molecule is CCOC(=O)C1Oc2cc(C(=O)c3ccnn3-c3ccccn3)c(Cl)c(Cl)c2O1. The van der Waals surface area contributed by atoms with Crippen LogP contribution < -0.4 is 9.47 Å². The van der Waals surface area contributed by atoms with E-state index in [1.807, 2.05) is 0 Å². The van der Waals surface area contributed by atoms with Crippen molar-refractivity contribution in [3.05, 3.63) is 64.0 Å². The van der Waals surface area contributed by atoms with Crippen molar-refractivity contribution in [1.29, 1.82) is 0 Å². The molecule has 1 aliphatic rings. The van der Waals surface area contributed by atoms with Crippen LogP contribution in [0.15, 0.2) is 42.7 Å². The van der Waals surface area contributed by atoms with Gasteiger partial charge in [-0.1, -0.05) is 29.3 Å². The Bertz CT molecular complexity index is 1100. The molecule has 0 saturated heterocycles. The van der Waals surface area contributed by atoms with E-state index in [2.05, 4.69) is 10.1 Å². The number of fused-ring (bicyclic) bond motifs is 1. The van der Waals surface area contributed by atoms with Crippen molar-refractivity contribution in [2.24, 2.45) is 0 Å². The third-order valence-corrected chi connectivity index (χ3v) is 4.90. The van der Waals surface area contributed by atoms with Gasteiger partial charge in [-0.25, -0.2) is 14.5 Å². The van der Waals surface area contributed by atoms with Crippen LogP contribution in [0.5, 0.6) is 11.5 Å². The summed E-state index contributed by atoms with van der Waals surface area (Å²) in [5.74, 6) is -0.511. The molecule has 0 aliphatic carbocycles. The lowest BCUT2D eigenvalue weighted by atomic mass is 10.1. The molecular weight excluding hydrogens is 421 g/mol. The molecule has 0 fully saturated rings. The van der Waals surface area contributed by atoms with Gasteiger partial charge in [-0.15, -0.1) is 0 Å². The molecule has 1 unspecified atom stereocenters. The molecule has 1 aliphatic heterocycles. The van der Waals surface area contributed by atoms with E-state index in [4.69, 9.17) is 37.4 Å². The average Bonchev–Trinajstić information content (AvgIpc) is 3.38. The number of aromatic nitrogens is 3. The molecule has 0 bridgehead atoms. The molecule has 0 N–H and O–H groups in total. The second-order valence-corrected chi connectivity index (χ2v) is 6.60. The van der Waals surface area contributed by atoms with Crippen LogP contribution in [0.25, 0.3) is 5.82 Å². The van der Waals surface area contributed by atoms with Gasteiger partial charge in [0, 0.05) is 11.8 Å². The lowest BCUT2D eigenvalue weighted by Gasteiger charge is -2.09. The molecule has 3 heterocycles. The topological polar surface area (TPSA) is 92.5 Å². The van der Waals surface area contributed by atoms with Crippen molar-refractivity contribution in [3.8, 4) is 17.3 Å². The third-order valence-electron chi connectivity index (χ3n) is 4.05. The number of esters is 1. The van der Waals surface area contributed by atoms with E-state index in [0.29, 0.717) is 5.82 Å². The number of pyridine rings is 1. The molecule has 4 rings (SSSR count). The van der Waals surface area contributed by atoms with Gasteiger partial charge in [-0.3, -0.25) is 4.79 Å². The highest BCUT2D eigenvalue weighted by Gasteiger charge is 2.36. The number of ether oxygens (including phenoxy) is 3. The Hall–Kier alpha value is -3.10. The van der Waals surface area contributed by atoms with Gasteiger partial charge >= 0.3 is 12.3 Å². The Labute approximate surface area is 174 Å². The van der Waals surface area contributed by atoms with Crippen LogP contribution in [0, 0.1) is 0 Å². The zero-order valence-corrected chi connectivity index (χ0v) is 16.5. The molecule has 0 saturated carbocycles. The molecule has 0 radical (unpaired) electrons. The van der Waals surface area contributed by atoms with Gasteiger partial charge in [0.25, 0.3) is 0 Å². The summed E-state index contributed by atoms with van der Waals surface area (Å²) in [6, 6.07) is 8.15. The van der Waals surface area contributed by atoms with Crippen molar-refractivity contribution >= 4 is 35.0 Å². The molecule has 2 aromatic heterocycles. The van der Waals surface area contributed by atoms with Crippen LogP contribution >= 0.6 is 23.2 Å². The Kier molecular flexibility index (Phi) is 5.12. The number of benzene rings is 1. The summed E-state index contributed by atoms with van der Waals surface area (Å²) in [6.45, 7) is 1.82. The smallest absolute Gasteiger partial charge is 0.389 e. The minimum Gasteiger partial charge on any atom is -0.460 e. The molecule has 10 heteroatoms. The standard InChI is InChI=1S/C19H13Cl2N3O5/c1-2-27-18(26)19-28-12-9-10(14(20)15(21)17(12)29-19)16(25)11-6-8-23-24(11)13-5-3-4-7-22-13/h3-9,19H,2H2,1H3. The van der Waals surface area contributed by atoms with E-state index in [0.717, 1.165) is 0 Å². The zero-order valence-electron chi connectivity index (χ0n) is 15.0. The van der Waals surface area contributed by atoms with Crippen molar-refractivity contribution in [2.75, 3.05) is 6.61 Å². The summed E-state index contributed by atoms with van der Waals surface area (Å²) >= 11 is 12.6. The van der Waals surface area contributed by atoms with Crippen LogP contribution in [0.2, 0.25) is 10.0 Å². The number of carbonyl (C=O) groups is 2. The molecule has 0 amide bonds. The maximum absolute atomic E-state index is 13.2. The summed E-state index contributed by atoms with van der Waals surface area (Å²) in [4.78, 5) is 29.3. The van der Waals surface area contributed by atoms with Crippen molar-refractivity contribution < 1.29 is 23.8 Å². The molecule has 0 spiro atoms. The van der Waals surface area contributed by atoms with Crippen LogP contribution in [-0.2, 0) is 9.53 Å². The zero-order chi connectivity index (χ0) is 20.5. The highest BCUT2D eigenvalue weighted by molar-refractivity contribution is 6.45. The second kappa shape index (κ2) is 7.73. The first-order chi connectivity index (χ1) is 14.0. The molecule has 29 heavy (non-hydrogen) atoms. The van der Waals surface area contributed by atoms with Gasteiger partial charge in [0.1, 0.15) is 10.7 Å². The van der Waals surface area contributed by atoms with Crippen LogP contribution in [0.4, 0.5) is 0 Å². The maximum atomic E-state index is 13.2. The number of carbonyl (C=O) groups excluding carboxylic acids is 2. The number of nitrogens with zero attached hydrogens (tertiary/aromatic N) is 3. The number of ketones is 1. The summed E-state index contributed by atoms with van der Waals surface area (Å²) in [5.41, 5.74) is 0.295. The first kappa shape index (κ1) is 19.2. The molecular formula is C19H13Cl2N3O5. The van der Waals surface area contributed by atoms with Gasteiger partial charge in [0.15, 0.2) is 17.3 Å². The summed E-state index contributed by atoms with van der Waals surface area (Å²) < 4.78 is 17.1. The minimum absolute atomic E-state index is 0.0303. The van der Waals surface area contributed by atoms with E-state index < -0.39 is 18.0 Å². The van der Waals surface area contributed by atoms with E-state index >= 15 is 0 Å². The fraction of sp³-hybridized carbons (Fsp3) is 0.158. The first-order valence-electron chi connectivity index (χ1n) is 8.53. The predicted octanol–water partition coefficient (Wildman–Crippen LogP) is 3.47. The van der Waals surface area contributed by atoms with Crippen molar-refractivity contribution in [2.45, 2.75) is 13.2 Å². The number of hydrogen-bond acceptors (Lipinski definition) is 7. The van der Waals surface area contributed by atoms with Gasteiger partial charge in [-0.2, -0.15) is 5.10 Å². The Balaban J connectivity index is 1.71. The van der Waals surface area contributed by atoms with E-state index in [-0.39, 0.29) is 39.4 Å². The summed E-state index contributed by atoms with van der Waals surface area (Å²) in [7, 11) is 0. The molecule has 1 atom stereocenters. The normalized spacial score (nSPS) is 14.7. The highest BCUT2D eigenvalue weighted by Crippen LogP contribution is 2.47. The maximum Gasteiger partial charge on any atom is 0.389 e. The monoisotopic (exact) mass is 433 g/mol. The first-order valence-corrected chi connectivity index (χ1v) is 9.29. The Morgan fingerprint density at radius 3 is 2.72 bits per heavy atom. The van der Waals surface area contributed by atoms with Crippen LogP contribution in [0.3, 0.4) is 0 Å². The number of rotatable bonds is 5.